The van der Waals surface area contributed by atoms with Crippen molar-refractivity contribution in [1.82, 2.24) is 5.32 Å². The van der Waals surface area contributed by atoms with Gasteiger partial charge in [0.25, 0.3) is 5.91 Å². The molecule has 0 unspecified atom stereocenters. The molecule has 0 bridgehead atoms. The lowest BCUT2D eigenvalue weighted by molar-refractivity contribution is 0.0963. The van der Waals surface area contributed by atoms with Crippen molar-refractivity contribution in [2.75, 3.05) is 12.5 Å². The minimum Gasteiger partial charge on any atom is -0.382 e. The zero-order valence-corrected chi connectivity index (χ0v) is 10.7. The summed E-state index contributed by atoms with van der Waals surface area (Å²) < 4.78 is 0. The third-order valence-electron chi connectivity index (χ3n) is 2.10. The van der Waals surface area contributed by atoms with Crippen LogP contribution in [0, 0.1) is 16.7 Å². The molecular formula is C11H11ClN6O. The van der Waals surface area contributed by atoms with Crippen LogP contribution in [0.15, 0.2) is 23.3 Å². The molecule has 0 spiro atoms. The van der Waals surface area contributed by atoms with Gasteiger partial charge < -0.3 is 11.1 Å². The number of nitriles is 1. The number of nitrogens with two attached hydrogens (primary N) is 1. The highest BCUT2D eigenvalue weighted by Crippen LogP contribution is 2.20. The highest BCUT2D eigenvalue weighted by atomic mass is 35.5. The molecular weight excluding hydrogens is 268 g/mol. The van der Waals surface area contributed by atoms with Crippen molar-refractivity contribution in [1.29, 1.82) is 10.7 Å². The maximum absolute atomic E-state index is 11.4. The predicted molar refractivity (Wildman–Crippen MR) is 73.4 cm³/mol. The topological polar surface area (TPSA) is 127 Å². The molecule has 0 heterocycles. The van der Waals surface area contributed by atoms with Gasteiger partial charge in [0.2, 0.25) is 5.71 Å². The van der Waals surface area contributed by atoms with E-state index in [1.807, 2.05) is 0 Å². The first-order chi connectivity index (χ1) is 8.99. The number of rotatable bonds is 4. The van der Waals surface area contributed by atoms with Crippen LogP contribution >= 0.6 is 11.6 Å². The van der Waals surface area contributed by atoms with Crippen LogP contribution in [0.2, 0.25) is 5.02 Å². The van der Waals surface area contributed by atoms with Gasteiger partial charge in [0.05, 0.1) is 16.3 Å². The van der Waals surface area contributed by atoms with E-state index in [1.54, 1.807) is 12.1 Å². The molecule has 0 fully saturated rings. The smallest absolute Gasteiger partial charge is 0.252 e. The third kappa shape index (κ3) is 3.69. The van der Waals surface area contributed by atoms with Crippen LogP contribution in [0.3, 0.4) is 0 Å². The summed E-state index contributed by atoms with van der Waals surface area (Å²) in [6, 6.07) is 6.22. The number of amidine groups is 1. The number of carbonyl (C=O) groups is 1. The van der Waals surface area contributed by atoms with E-state index in [1.165, 1.54) is 19.2 Å². The summed E-state index contributed by atoms with van der Waals surface area (Å²) in [4.78, 5) is 11.4. The Morgan fingerprint density at radius 2 is 2.26 bits per heavy atom. The Bertz CT molecular complexity index is 589. The molecule has 0 atom stereocenters. The van der Waals surface area contributed by atoms with Gasteiger partial charge in [-0.3, -0.25) is 15.6 Å². The van der Waals surface area contributed by atoms with Crippen molar-refractivity contribution in [3.05, 3.63) is 28.8 Å². The summed E-state index contributed by atoms with van der Waals surface area (Å²) in [6.07, 6.45) is 0. The number of amides is 1. The van der Waals surface area contributed by atoms with Gasteiger partial charge in [-0.05, 0) is 18.2 Å². The molecule has 7 nitrogen and oxygen atoms in total. The molecule has 8 heteroatoms. The van der Waals surface area contributed by atoms with E-state index in [0.717, 1.165) is 0 Å². The molecule has 1 aromatic rings. The average molecular weight is 279 g/mol. The highest BCUT2D eigenvalue weighted by Gasteiger charge is 2.09. The largest absolute Gasteiger partial charge is 0.382 e. The first-order valence-electron chi connectivity index (χ1n) is 5.09. The van der Waals surface area contributed by atoms with Crippen LogP contribution in [0.4, 0.5) is 5.69 Å². The Morgan fingerprint density at radius 1 is 1.58 bits per heavy atom. The zero-order chi connectivity index (χ0) is 14.4. The number of halogens is 1. The first-order valence-corrected chi connectivity index (χ1v) is 5.47. The summed E-state index contributed by atoms with van der Waals surface area (Å²) in [5, 5.41) is 22.1. The normalized spacial score (nSPS) is 10.5. The van der Waals surface area contributed by atoms with Crippen LogP contribution in [0.1, 0.15) is 10.4 Å². The molecule has 0 saturated heterocycles. The summed E-state index contributed by atoms with van der Waals surface area (Å²) in [5.74, 6) is -0.746. The van der Waals surface area contributed by atoms with E-state index in [9.17, 15) is 4.79 Å². The minimum atomic E-state index is -0.442. The van der Waals surface area contributed by atoms with Crippen LogP contribution in [0.25, 0.3) is 0 Å². The van der Waals surface area contributed by atoms with E-state index in [0.29, 0.717) is 11.3 Å². The van der Waals surface area contributed by atoms with E-state index >= 15 is 0 Å². The lowest BCUT2D eigenvalue weighted by Gasteiger charge is -2.06. The number of nitrogens with one attached hydrogen (secondary N) is 3. The zero-order valence-electron chi connectivity index (χ0n) is 9.99. The second-order valence-corrected chi connectivity index (χ2v) is 3.78. The minimum absolute atomic E-state index is 0.237. The van der Waals surface area contributed by atoms with Gasteiger partial charge in [0.1, 0.15) is 6.07 Å². The van der Waals surface area contributed by atoms with Crippen LogP contribution in [-0.2, 0) is 0 Å². The summed E-state index contributed by atoms with van der Waals surface area (Å²) >= 11 is 5.93. The van der Waals surface area contributed by atoms with Gasteiger partial charge in [0.15, 0.2) is 5.84 Å². The van der Waals surface area contributed by atoms with E-state index in [4.69, 9.17) is 28.0 Å². The van der Waals surface area contributed by atoms with Crippen molar-refractivity contribution in [2.45, 2.75) is 0 Å². The number of nitrogens with zero attached hydrogens (tertiary/aromatic N) is 2. The highest BCUT2D eigenvalue weighted by molar-refractivity contribution is 6.45. The summed E-state index contributed by atoms with van der Waals surface area (Å²) in [5.41, 5.74) is 8.21. The van der Waals surface area contributed by atoms with Crippen LogP contribution in [0.5, 0.6) is 0 Å². The fourth-order valence-corrected chi connectivity index (χ4v) is 1.44. The Hall–Kier alpha value is -2.59. The molecule has 0 saturated carbocycles. The first kappa shape index (κ1) is 14.5. The summed E-state index contributed by atoms with van der Waals surface area (Å²) in [7, 11) is 1.50. The lowest BCUT2D eigenvalue weighted by Crippen LogP contribution is -2.22. The second-order valence-electron chi connectivity index (χ2n) is 3.37. The van der Waals surface area contributed by atoms with Crippen molar-refractivity contribution in [3.63, 3.8) is 0 Å². The molecule has 1 rings (SSSR count). The summed E-state index contributed by atoms with van der Waals surface area (Å²) in [6.45, 7) is 0. The standard InChI is InChI=1S/C11H11ClN6O/c1-16-11(19)7-3-2-6(4-8(7)12)17-18-9(5-13)10(14)15/h2-4,17H,1H3,(H3,14,15)(H,16,19)/b18-9+. The quantitative estimate of drug-likeness (QED) is 0.371. The number of anilines is 1. The molecule has 19 heavy (non-hydrogen) atoms. The fourth-order valence-electron chi connectivity index (χ4n) is 1.17. The molecule has 5 N–H and O–H groups in total. The van der Waals surface area contributed by atoms with E-state index in [-0.39, 0.29) is 16.6 Å². The van der Waals surface area contributed by atoms with Crippen molar-refractivity contribution < 1.29 is 4.79 Å². The predicted octanol–water partition coefficient (Wildman–Crippen LogP) is 0.927. The van der Waals surface area contributed by atoms with Gasteiger partial charge >= 0.3 is 0 Å². The van der Waals surface area contributed by atoms with Crippen LogP contribution in [-0.4, -0.2) is 24.5 Å². The van der Waals surface area contributed by atoms with Crippen molar-refractivity contribution >= 4 is 34.7 Å². The molecule has 1 aromatic carbocycles. The number of carbonyl (C=O) groups excluding carboxylic acids is 1. The molecule has 1 amide bonds. The SMILES string of the molecule is CNC(=O)c1ccc(N/N=C(\C#N)C(=N)N)cc1Cl. The average Bonchev–Trinajstić information content (AvgIpc) is 2.38. The number of hydrogen-bond donors (Lipinski definition) is 4. The molecule has 0 aliphatic rings. The van der Waals surface area contributed by atoms with Gasteiger partial charge in [-0.1, -0.05) is 11.6 Å². The van der Waals surface area contributed by atoms with Crippen molar-refractivity contribution in [2.24, 2.45) is 10.8 Å². The second kappa shape index (κ2) is 6.37. The Balaban J connectivity index is 2.94. The van der Waals surface area contributed by atoms with Gasteiger partial charge in [0, 0.05) is 7.05 Å². The molecule has 98 valence electrons. The Labute approximate surface area is 114 Å². The molecule has 0 radical (unpaired) electrons. The maximum Gasteiger partial charge on any atom is 0.252 e. The fraction of sp³-hybridized carbons (Fsp3) is 0.0909. The lowest BCUT2D eigenvalue weighted by atomic mass is 10.2. The van der Waals surface area contributed by atoms with Crippen molar-refractivity contribution in [3.8, 4) is 6.07 Å². The van der Waals surface area contributed by atoms with Gasteiger partial charge in [-0.15, -0.1) is 0 Å². The number of hydrazone groups is 1. The number of hydrogen-bond acceptors (Lipinski definition) is 5. The Kier molecular flexibility index (Phi) is 4.85. The Morgan fingerprint density at radius 3 is 2.74 bits per heavy atom. The van der Waals surface area contributed by atoms with Gasteiger partial charge in [-0.25, -0.2) is 0 Å². The van der Waals surface area contributed by atoms with E-state index in [2.05, 4.69) is 15.8 Å². The molecule has 0 aliphatic heterocycles. The van der Waals surface area contributed by atoms with E-state index < -0.39 is 5.84 Å². The third-order valence-corrected chi connectivity index (χ3v) is 2.41. The van der Waals surface area contributed by atoms with Gasteiger partial charge in [-0.2, -0.15) is 10.4 Å². The maximum atomic E-state index is 11.4. The molecule has 0 aromatic heterocycles. The number of benzene rings is 1. The monoisotopic (exact) mass is 278 g/mol. The molecule has 0 aliphatic carbocycles. The van der Waals surface area contributed by atoms with Crippen LogP contribution < -0.4 is 16.5 Å².